The van der Waals surface area contributed by atoms with Crippen molar-refractivity contribution < 1.29 is 4.74 Å². The number of H-pyrrole nitrogens is 1. The van der Waals surface area contributed by atoms with Crippen molar-refractivity contribution in [3.8, 4) is 6.01 Å². The summed E-state index contributed by atoms with van der Waals surface area (Å²) in [5.41, 5.74) is -0.216. The average molecular weight is 210 g/mol. The summed E-state index contributed by atoms with van der Waals surface area (Å²) in [6.07, 6.45) is 0. The van der Waals surface area contributed by atoms with Gasteiger partial charge in [-0.2, -0.15) is 4.98 Å². The summed E-state index contributed by atoms with van der Waals surface area (Å²) in [6, 6.07) is 0.161. The van der Waals surface area contributed by atoms with E-state index in [4.69, 9.17) is 4.74 Å². The van der Waals surface area contributed by atoms with Crippen LogP contribution >= 0.6 is 0 Å². The lowest BCUT2D eigenvalue weighted by Gasteiger charge is -2.04. The second-order valence-electron chi connectivity index (χ2n) is 3.15. The van der Waals surface area contributed by atoms with Crippen molar-refractivity contribution in [3.63, 3.8) is 0 Å². The quantitative estimate of drug-likeness (QED) is 0.652. The van der Waals surface area contributed by atoms with E-state index in [2.05, 4.69) is 9.97 Å². The zero-order valence-corrected chi connectivity index (χ0v) is 8.57. The molecular weight excluding hydrogens is 200 g/mol. The van der Waals surface area contributed by atoms with Crippen LogP contribution in [0, 0.1) is 0 Å². The predicted octanol–water partition coefficient (Wildman–Crippen LogP) is -1.03. The maximum atomic E-state index is 11.8. The van der Waals surface area contributed by atoms with Crippen LogP contribution < -0.4 is 16.0 Å². The number of fused-ring (bicyclic) bond motifs is 1. The van der Waals surface area contributed by atoms with Crippen molar-refractivity contribution >= 4 is 11.2 Å². The Morgan fingerprint density at radius 3 is 2.53 bits per heavy atom. The SMILES string of the molecule is COc1nc2[nH]c(=O)n(C)c2c(=O)n1C. The second kappa shape index (κ2) is 2.97. The van der Waals surface area contributed by atoms with Gasteiger partial charge in [0.2, 0.25) is 0 Å². The maximum Gasteiger partial charge on any atom is 0.327 e. The molecule has 0 fully saturated rings. The molecule has 2 rings (SSSR count). The molecule has 0 radical (unpaired) electrons. The third kappa shape index (κ3) is 1.16. The molecule has 2 aromatic heterocycles. The van der Waals surface area contributed by atoms with Crippen molar-refractivity contribution in [1.82, 2.24) is 19.1 Å². The van der Waals surface area contributed by atoms with E-state index in [0.29, 0.717) is 0 Å². The highest BCUT2D eigenvalue weighted by Gasteiger charge is 2.13. The molecule has 0 amide bonds. The van der Waals surface area contributed by atoms with Crippen LogP contribution in [0.1, 0.15) is 0 Å². The molecule has 0 bridgehead atoms. The molecular formula is C8H10N4O3. The van der Waals surface area contributed by atoms with E-state index in [0.717, 1.165) is 0 Å². The molecule has 2 aromatic rings. The summed E-state index contributed by atoms with van der Waals surface area (Å²) >= 11 is 0. The first-order valence-electron chi connectivity index (χ1n) is 4.26. The maximum absolute atomic E-state index is 11.8. The lowest BCUT2D eigenvalue weighted by atomic mass is 10.5. The summed E-state index contributed by atoms with van der Waals surface area (Å²) < 4.78 is 7.38. The number of rotatable bonds is 1. The van der Waals surface area contributed by atoms with Gasteiger partial charge in [0, 0.05) is 14.1 Å². The molecule has 1 N–H and O–H groups in total. The Hall–Kier alpha value is -2.05. The van der Waals surface area contributed by atoms with E-state index in [9.17, 15) is 9.59 Å². The molecule has 0 aliphatic rings. The highest BCUT2D eigenvalue weighted by atomic mass is 16.5. The van der Waals surface area contributed by atoms with E-state index >= 15 is 0 Å². The van der Waals surface area contributed by atoms with Crippen molar-refractivity contribution in [1.29, 1.82) is 0 Å². The van der Waals surface area contributed by atoms with Gasteiger partial charge in [0.15, 0.2) is 11.2 Å². The molecule has 0 atom stereocenters. The van der Waals surface area contributed by atoms with E-state index in [1.807, 2.05) is 0 Å². The van der Waals surface area contributed by atoms with Gasteiger partial charge in [0.05, 0.1) is 7.11 Å². The lowest BCUT2D eigenvalue weighted by Crippen LogP contribution is -2.23. The van der Waals surface area contributed by atoms with Gasteiger partial charge >= 0.3 is 11.7 Å². The molecule has 0 unspecified atom stereocenters. The summed E-state index contributed by atoms with van der Waals surface area (Å²) in [5.74, 6) is 0. The summed E-state index contributed by atoms with van der Waals surface area (Å²) in [6.45, 7) is 0. The van der Waals surface area contributed by atoms with E-state index in [1.165, 1.54) is 30.3 Å². The summed E-state index contributed by atoms with van der Waals surface area (Å²) in [5, 5.41) is 0. The van der Waals surface area contributed by atoms with Gasteiger partial charge < -0.3 is 4.74 Å². The molecule has 0 aliphatic heterocycles. The van der Waals surface area contributed by atoms with Crippen LogP contribution in [0.3, 0.4) is 0 Å². The number of methoxy groups -OCH3 is 1. The van der Waals surface area contributed by atoms with Crippen molar-refractivity contribution in [2.45, 2.75) is 0 Å². The molecule has 0 aliphatic carbocycles. The van der Waals surface area contributed by atoms with Crippen LogP contribution in [0.4, 0.5) is 0 Å². The number of ether oxygens (including phenoxy) is 1. The summed E-state index contributed by atoms with van der Waals surface area (Å²) in [7, 11) is 4.45. The highest BCUT2D eigenvalue weighted by Crippen LogP contribution is 2.06. The largest absolute Gasteiger partial charge is 0.468 e. The number of imidazole rings is 1. The minimum absolute atomic E-state index is 0.161. The fourth-order valence-electron chi connectivity index (χ4n) is 1.43. The monoisotopic (exact) mass is 210 g/mol. The van der Waals surface area contributed by atoms with Gasteiger partial charge in [-0.05, 0) is 0 Å². The Bertz CT molecular complexity index is 634. The Morgan fingerprint density at radius 1 is 1.27 bits per heavy atom. The summed E-state index contributed by atoms with van der Waals surface area (Å²) in [4.78, 5) is 29.6. The number of aromatic nitrogens is 4. The van der Waals surface area contributed by atoms with Gasteiger partial charge in [-0.25, -0.2) is 4.79 Å². The fraction of sp³-hybridized carbons (Fsp3) is 0.375. The first kappa shape index (κ1) is 9.50. The smallest absolute Gasteiger partial charge is 0.327 e. The molecule has 0 saturated heterocycles. The lowest BCUT2D eigenvalue weighted by molar-refractivity contribution is 0.359. The van der Waals surface area contributed by atoms with Crippen LogP contribution in [0.15, 0.2) is 9.59 Å². The molecule has 0 saturated carbocycles. The minimum Gasteiger partial charge on any atom is -0.468 e. The minimum atomic E-state index is -0.372. The topological polar surface area (TPSA) is 81.9 Å². The first-order valence-corrected chi connectivity index (χ1v) is 4.26. The van der Waals surface area contributed by atoms with Crippen LogP contribution in [0.25, 0.3) is 11.2 Å². The number of nitrogens with zero attached hydrogens (tertiary/aromatic N) is 3. The second-order valence-corrected chi connectivity index (χ2v) is 3.15. The Morgan fingerprint density at radius 2 is 1.93 bits per heavy atom. The standard InChI is InChI=1S/C8H10N4O3/c1-11-4-5(9-7(11)14)10-8(15-3)12(2)6(4)13/h1-3H3,(H,9,14). The Kier molecular flexibility index (Phi) is 1.88. The Labute approximate surface area is 83.9 Å². The predicted molar refractivity (Wildman–Crippen MR) is 53.1 cm³/mol. The van der Waals surface area contributed by atoms with Gasteiger partial charge in [-0.1, -0.05) is 0 Å². The van der Waals surface area contributed by atoms with Gasteiger partial charge in [-0.15, -0.1) is 0 Å². The number of aromatic amines is 1. The first-order chi connectivity index (χ1) is 7.06. The molecule has 7 nitrogen and oxygen atoms in total. The normalized spacial score (nSPS) is 10.9. The highest BCUT2D eigenvalue weighted by molar-refractivity contribution is 5.69. The number of nitrogens with one attached hydrogen (secondary N) is 1. The molecule has 2 heterocycles. The zero-order chi connectivity index (χ0) is 11.2. The van der Waals surface area contributed by atoms with E-state index in [-0.39, 0.29) is 28.4 Å². The molecule has 7 heteroatoms. The molecule has 80 valence electrons. The van der Waals surface area contributed by atoms with E-state index in [1.54, 1.807) is 0 Å². The number of hydrogen-bond acceptors (Lipinski definition) is 4. The van der Waals surface area contributed by atoms with Crippen LogP contribution in [0.2, 0.25) is 0 Å². The van der Waals surface area contributed by atoms with Crippen LogP contribution in [-0.2, 0) is 14.1 Å². The average Bonchev–Trinajstić information content (AvgIpc) is 2.49. The van der Waals surface area contributed by atoms with E-state index < -0.39 is 0 Å². The molecule has 0 spiro atoms. The molecule has 15 heavy (non-hydrogen) atoms. The van der Waals surface area contributed by atoms with Gasteiger partial charge in [0.25, 0.3) is 5.56 Å². The number of aryl methyl sites for hydroxylation is 1. The van der Waals surface area contributed by atoms with Crippen LogP contribution in [0.5, 0.6) is 6.01 Å². The third-order valence-electron chi connectivity index (χ3n) is 2.27. The third-order valence-corrected chi connectivity index (χ3v) is 2.27. The zero-order valence-electron chi connectivity index (χ0n) is 8.57. The van der Waals surface area contributed by atoms with Crippen molar-refractivity contribution in [2.24, 2.45) is 14.1 Å². The van der Waals surface area contributed by atoms with Crippen LogP contribution in [-0.4, -0.2) is 26.2 Å². The molecule has 0 aromatic carbocycles. The number of hydrogen-bond donors (Lipinski definition) is 1. The van der Waals surface area contributed by atoms with Crippen molar-refractivity contribution in [3.05, 3.63) is 20.8 Å². The fourth-order valence-corrected chi connectivity index (χ4v) is 1.43. The van der Waals surface area contributed by atoms with Crippen molar-refractivity contribution in [2.75, 3.05) is 7.11 Å². The Balaban J connectivity index is 3.04. The van der Waals surface area contributed by atoms with Gasteiger partial charge in [-0.3, -0.25) is 18.9 Å². The van der Waals surface area contributed by atoms with Gasteiger partial charge in [0.1, 0.15) is 0 Å².